The molecule has 0 bridgehead atoms. The molecular weight excluding hydrogens is 374 g/mol. The number of hydrogen-bond donors (Lipinski definition) is 2. The van der Waals surface area contributed by atoms with E-state index in [2.05, 4.69) is 20.5 Å². The van der Waals surface area contributed by atoms with Crippen molar-refractivity contribution in [3.8, 4) is 11.5 Å². The fourth-order valence-corrected chi connectivity index (χ4v) is 3.07. The number of ether oxygens (including phenoxy) is 1. The zero-order valence-electron chi connectivity index (χ0n) is 14.1. The minimum Gasteiger partial charge on any atom is -0.480 e. The number of nitrogens with zero attached hydrogens (tertiary/aromatic N) is 3. The van der Waals surface area contributed by atoms with Crippen molar-refractivity contribution in [1.82, 2.24) is 15.2 Å². The highest BCUT2D eigenvalue weighted by Gasteiger charge is 2.16. The average Bonchev–Trinajstić information content (AvgIpc) is 3.27. The van der Waals surface area contributed by atoms with Gasteiger partial charge in [0.05, 0.1) is 12.0 Å². The summed E-state index contributed by atoms with van der Waals surface area (Å²) in [5.41, 5.74) is 1.23. The van der Waals surface area contributed by atoms with Crippen LogP contribution in [0, 0.1) is 5.41 Å². The summed E-state index contributed by atoms with van der Waals surface area (Å²) in [4.78, 5) is 5.20. The van der Waals surface area contributed by atoms with Crippen molar-refractivity contribution in [3.63, 3.8) is 0 Å². The summed E-state index contributed by atoms with van der Waals surface area (Å²) in [5.74, 6) is 0.370. The molecule has 0 aliphatic heterocycles. The van der Waals surface area contributed by atoms with Gasteiger partial charge in [-0.1, -0.05) is 41.0 Å². The lowest BCUT2D eigenvalue weighted by atomic mass is 10.2. The minimum absolute atomic E-state index is 0.00237. The van der Waals surface area contributed by atoms with Crippen LogP contribution in [0.5, 0.6) is 0 Å². The Bertz CT molecular complexity index is 933. The van der Waals surface area contributed by atoms with Gasteiger partial charge in [-0.25, -0.2) is 4.98 Å². The Morgan fingerprint density at radius 1 is 1.35 bits per heavy atom. The Hall–Kier alpha value is -2.71. The molecule has 134 valence electrons. The smallest absolute Gasteiger partial charge is 0.322 e. The molecule has 0 radical (unpaired) electrons. The third kappa shape index (κ3) is 4.09. The Balaban J connectivity index is 1.83. The highest BCUT2D eigenvalue weighted by Crippen LogP contribution is 2.29. The molecule has 0 aliphatic rings. The molecule has 9 heteroatoms. The van der Waals surface area contributed by atoms with Gasteiger partial charge in [-0.15, -0.1) is 5.10 Å². The van der Waals surface area contributed by atoms with Gasteiger partial charge >= 0.3 is 6.01 Å². The number of nitrogens with one attached hydrogen (secondary N) is 2. The summed E-state index contributed by atoms with van der Waals surface area (Å²) in [6, 6.07) is 7.32. The molecule has 2 N–H and O–H groups in total. The third-order valence-corrected chi connectivity index (χ3v) is 4.50. The van der Waals surface area contributed by atoms with Crippen molar-refractivity contribution >= 4 is 46.1 Å². The largest absolute Gasteiger partial charge is 0.480 e. The van der Waals surface area contributed by atoms with E-state index in [1.54, 1.807) is 24.3 Å². The maximum atomic E-state index is 7.88. The second-order valence-electron chi connectivity index (χ2n) is 5.12. The Kier molecular flexibility index (Phi) is 5.65. The van der Waals surface area contributed by atoms with Gasteiger partial charge in [0.1, 0.15) is 5.69 Å². The van der Waals surface area contributed by atoms with Crippen LogP contribution >= 0.6 is 22.9 Å². The van der Waals surface area contributed by atoms with Gasteiger partial charge in [-0.05, 0) is 36.8 Å². The number of anilines is 2. The Labute approximate surface area is 159 Å². The monoisotopic (exact) mass is 389 g/mol. The van der Waals surface area contributed by atoms with E-state index < -0.39 is 0 Å². The summed E-state index contributed by atoms with van der Waals surface area (Å²) >= 11 is 7.25. The first-order chi connectivity index (χ1) is 12.6. The van der Waals surface area contributed by atoms with Crippen LogP contribution in [0.2, 0.25) is 5.02 Å². The number of hydrogen-bond acceptors (Lipinski definition) is 8. The molecule has 0 fully saturated rings. The van der Waals surface area contributed by atoms with Crippen LogP contribution in [-0.2, 0) is 4.74 Å². The molecule has 0 saturated carbocycles. The van der Waals surface area contributed by atoms with Crippen LogP contribution in [0.1, 0.15) is 23.9 Å². The first kappa shape index (κ1) is 18.1. The molecule has 7 nitrogen and oxygen atoms in total. The number of benzene rings is 1. The molecule has 3 aromatic rings. The summed E-state index contributed by atoms with van der Waals surface area (Å²) in [6.45, 7) is 2.04. The number of allylic oxidation sites excluding steroid dienone is 1. The lowest BCUT2D eigenvalue weighted by molar-refractivity contribution is 0.400. The maximum absolute atomic E-state index is 7.88. The molecule has 0 saturated heterocycles. The van der Waals surface area contributed by atoms with E-state index in [0.29, 0.717) is 21.7 Å². The van der Waals surface area contributed by atoms with E-state index in [4.69, 9.17) is 26.2 Å². The third-order valence-electron chi connectivity index (χ3n) is 3.31. The van der Waals surface area contributed by atoms with Crippen molar-refractivity contribution in [3.05, 3.63) is 45.9 Å². The van der Waals surface area contributed by atoms with Crippen LogP contribution in [0.25, 0.3) is 17.5 Å². The molecular formula is C17H16ClN5O2S. The van der Waals surface area contributed by atoms with E-state index in [-0.39, 0.29) is 11.9 Å². The lowest BCUT2D eigenvalue weighted by Crippen LogP contribution is -2.03. The zero-order chi connectivity index (χ0) is 18.5. The predicted molar refractivity (Wildman–Crippen MR) is 103 cm³/mol. The van der Waals surface area contributed by atoms with Crippen molar-refractivity contribution in [2.75, 3.05) is 12.4 Å². The van der Waals surface area contributed by atoms with Gasteiger partial charge in [-0.2, -0.15) is 0 Å². The van der Waals surface area contributed by atoms with E-state index >= 15 is 0 Å². The molecule has 26 heavy (non-hydrogen) atoms. The zero-order valence-corrected chi connectivity index (χ0v) is 15.7. The van der Waals surface area contributed by atoms with Crippen LogP contribution in [0.15, 0.2) is 34.8 Å². The van der Waals surface area contributed by atoms with E-state index in [0.717, 1.165) is 16.9 Å². The van der Waals surface area contributed by atoms with Crippen molar-refractivity contribution in [2.24, 2.45) is 0 Å². The number of aromatic nitrogens is 3. The molecule has 0 unspecified atom stereocenters. The predicted octanol–water partition coefficient (Wildman–Crippen LogP) is 4.99. The van der Waals surface area contributed by atoms with E-state index in [9.17, 15) is 0 Å². The SMILES string of the molecule is CC/C=C\c1sc(Nc2nnc(-c3ccc(Cl)cc3)o2)nc1C(=N)OC. The molecule has 0 aliphatic carbocycles. The van der Waals surface area contributed by atoms with Gasteiger partial charge in [0, 0.05) is 10.6 Å². The molecule has 0 amide bonds. The molecule has 2 heterocycles. The summed E-state index contributed by atoms with van der Waals surface area (Å²) in [7, 11) is 1.44. The molecule has 1 aromatic carbocycles. The molecule has 2 aromatic heterocycles. The Morgan fingerprint density at radius 3 is 2.81 bits per heavy atom. The van der Waals surface area contributed by atoms with Crippen LogP contribution < -0.4 is 5.32 Å². The van der Waals surface area contributed by atoms with E-state index in [1.807, 2.05) is 19.1 Å². The normalized spacial score (nSPS) is 11.0. The standard InChI is InChI=1S/C17H16ClN5O2S/c1-3-4-5-12-13(14(19)24-2)20-17(26-12)21-16-23-22-15(25-16)10-6-8-11(18)9-7-10/h4-9,19H,3H2,1-2H3,(H,20,21,23)/b5-4-,19-14?. The van der Waals surface area contributed by atoms with Crippen LogP contribution in [-0.4, -0.2) is 28.2 Å². The van der Waals surface area contributed by atoms with Crippen molar-refractivity contribution in [1.29, 1.82) is 5.41 Å². The highest BCUT2D eigenvalue weighted by molar-refractivity contribution is 7.16. The van der Waals surface area contributed by atoms with Crippen LogP contribution in [0.4, 0.5) is 11.1 Å². The summed E-state index contributed by atoms with van der Waals surface area (Å²) < 4.78 is 10.6. The lowest BCUT2D eigenvalue weighted by Gasteiger charge is -1.98. The average molecular weight is 390 g/mol. The Morgan fingerprint density at radius 2 is 2.12 bits per heavy atom. The quantitative estimate of drug-likeness (QED) is 0.455. The highest BCUT2D eigenvalue weighted by atomic mass is 35.5. The first-order valence-electron chi connectivity index (χ1n) is 7.77. The first-order valence-corrected chi connectivity index (χ1v) is 8.97. The number of thiazole rings is 1. The van der Waals surface area contributed by atoms with Crippen molar-refractivity contribution in [2.45, 2.75) is 13.3 Å². The minimum atomic E-state index is -0.00237. The van der Waals surface area contributed by atoms with Crippen molar-refractivity contribution < 1.29 is 9.15 Å². The summed E-state index contributed by atoms with van der Waals surface area (Å²) in [6.07, 6.45) is 4.79. The van der Waals surface area contributed by atoms with Gasteiger partial charge in [0.15, 0.2) is 5.13 Å². The fraction of sp³-hybridized carbons (Fsp3) is 0.176. The maximum Gasteiger partial charge on any atom is 0.322 e. The molecule has 3 rings (SSSR count). The number of methoxy groups -OCH3 is 1. The second kappa shape index (κ2) is 8.11. The second-order valence-corrected chi connectivity index (χ2v) is 6.59. The van der Waals surface area contributed by atoms with E-state index in [1.165, 1.54) is 18.4 Å². The molecule has 0 spiro atoms. The van der Waals surface area contributed by atoms with Crippen LogP contribution in [0.3, 0.4) is 0 Å². The topological polar surface area (TPSA) is 96.9 Å². The number of halogens is 1. The molecule has 0 atom stereocenters. The van der Waals surface area contributed by atoms with Gasteiger partial charge in [0.2, 0.25) is 11.8 Å². The summed E-state index contributed by atoms with van der Waals surface area (Å²) in [5, 5.41) is 20.0. The number of rotatable bonds is 6. The van der Waals surface area contributed by atoms with Gasteiger partial charge < -0.3 is 9.15 Å². The van der Waals surface area contributed by atoms with Gasteiger partial charge in [-0.3, -0.25) is 10.7 Å². The van der Waals surface area contributed by atoms with Gasteiger partial charge in [0.25, 0.3) is 0 Å². The fourth-order valence-electron chi connectivity index (χ4n) is 2.06.